The second kappa shape index (κ2) is 10.8. The summed E-state index contributed by atoms with van der Waals surface area (Å²) < 4.78 is 4.74. The first kappa shape index (κ1) is 23.3. The molecular formula is C24H26N4O3S2. The van der Waals surface area contributed by atoms with Gasteiger partial charge in [0.15, 0.2) is 5.16 Å². The van der Waals surface area contributed by atoms with Gasteiger partial charge in [-0.2, -0.15) is 0 Å². The zero-order valence-corrected chi connectivity index (χ0v) is 20.3. The number of fused-ring (bicyclic) bond motifs is 1. The Morgan fingerprint density at radius 3 is 2.61 bits per heavy atom. The van der Waals surface area contributed by atoms with E-state index in [-0.39, 0.29) is 17.6 Å². The first-order chi connectivity index (χ1) is 16.1. The van der Waals surface area contributed by atoms with E-state index in [9.17, 15) is 9.59 Å². The molecule has 33 heavy (non-hydrogen) atoms. The minimum Gasteiger partial charge on any atom is -0.468 e. The molecule has 0 saturated carbocycles. The Labute approximate surface area is 201 Å². The van der Waals surface area contributed by atoms with Gasteiger partial charge >= 0.3 is 5.97 Å². The number of carbonyl (C=O) groups is 2. The quantitative estimate of drug-likeness (QED) is 0.219. The van der Waals surface area contributed by atoms with Crippen molar-refractivity contribution >= 4 is 57.1 Å². The highest BCUT2D eigenvalue weighted by Gasteiger charge is 2.24. The van der Waals surface area contributed by atoms with E-state index in [0.717, 1.165) is 28.0 Å². The number of piperazine rings is 1. The fraction of sp³-hybridized carbons (Fsp3) is 0.333. The lowest BCUT2D eigenvalue weighted by Crippen LogP contribution is -2.48. The van der Waals surface area contributed by atoms with Crippen LogP contribution in [-0.2, 0) is 20.7 Å². The van der Waals surface area contributed by atoms with Crippen LogP contribution in [-0.4, -0.2) is 65.8 Å². The summed E-state index contributed by atoms with van der Waals surface area (Å²) in [6.07, 6.45) is 4.42. The molecule has 0 radical (unpaired) electrons. The number of amides is 1. The lowest BCUT2D eigenvalue weighted by Gasteiger charge is -2.35. The number of thioether (sulfide) groups is 1. The van der Waals surface area contributed by atoms with E-state index in [4.69, 9.17) is 9.72 Å². The number of anilines is 1. The number of carbonyl (C=O) groups excluding carboxylic acids is 2. The predicted molar refractivity (Wildman–Crippen MR) is 134 cm³/mol. The zero-order chi connectivity index (χ0) is 23.2. The molecule has 1 aliphatic rings. The smallest absolute Gasteiger partial charge is 0.316 e. The number of ether oxygens (including phenoxy) is 1. The average molecular weight is 483 g/mol. The van der Waals surface area contributed by atoms with E-state index < -0.39 is 0 Å². The van der Waals surface area contributed by atoms with Crippen molar-refractivity contribution in [1.82, 2.24) is 14.9 Å². The molecule has 4 rings (SSSR count). The molecule has 3 heterocycles. The maximum atomic E-state index is 12.7. The molecule has 1 fully saturated rings. The molecule has 1 aromatic carbocycles. The Morgan fingerprint density at radius 2 is 1.91 bits per heavy atom. The largest absolute Gasteiger partial charge is 0.468 e. The van der Waals surface area contributed by atoms with Crippen LogP contribution < -0.4 is 4.90 Å². The summed E-state index contributed by atoms with van der Waals surface area (Å²) in [6, 6.07) is 12.0. The Hall–Kier alpha value is -2.91. The standard InChI is InChI=1S/C24H26N4O3S2/c1-3-18-15-19-22(25-24(26-23(19)33-18)32-16-21(30)31-2)28-13-11-27(12-14-28)20(29)10-9-17-7-5-4-6-8-17/h4-10,15H,3,11-14,16H2,1-2H3/b10-9+. The van der Waals surface area contributed by atoms with Crippen LogP contribution in [0.15, 0.2) is 47.6 Å². The highest BCUT2D eigenvalue weighted by molar-refractivity contribution is 7.99. The van der Waals surface area contributed by atoms with E-state index >= 15 is 0 Å². The molecule has 0 unspecified atom stereocenters. The van der Waals surface area contributed by atoms with Crippen molar-refractivity contribution in [2.45, 2.75) is 18.5 Å². The van der Waals surface area contributed by atoms with Crippen LogP contribution in [0.2, 0.25) is 0 Å². The average Bonchev–Trinajstić information content (AvgIpc) is 3.29. The molecule has 172 valence electrons. The molecule has 0 spiro atoms. The minimum atomic E-state index is -0.304. The van der Waals surface area contributed by atoms with Crippen LogP contribution in [0.1, 0.15) is 17.4 Å². The van der Waals surface area contributed by atoms with Crippen LogP contribution in [0.25, 0.3) is 16.3 Å². The van der Waals surface area contributed by atoms with Gasteiger partial charge in [-0.3, -0.25) is 9.59 Å². The Kier molecular flexibility index (Phi) is 7.61. The monoisotopic (exact) mass is 482 g/mol. The number of methoxy groups -OCH3 is 1. The summed E-state index contributed by atoms with van der Waals surface area (Å²) in [5.41, 5.74) is 1.01. The van der Waals surface area contributed by atoms with E-state index in [1.165, 1.54) is 23.7 Å². The van der Waals surface area contributed by atoms with Crippen molar-refractivity contribution < 1.29 is 14.3 Å². The molecule has 1 amide bonds. The number of aromatic nitrogens is 2. The number of benzene rings is 1. The van der Waals surface area contributed by atoms with Gasteiger partial charge in [-0.1, -0.05) is 49.0 Å². The third-order valence-corrected chi connectivity index (χ3v) is 7.40. The van der Waals surface area contributed by atoms with Gasteiger partial charge in [0, 0.05) is 37.1 Å². The minimum absolute atomic E-state index is 0.0180. The second-order valence-corrected chi connectivity index (χ2v) is 9.59. The van der Waals surface area contributed by atoms with E-state index in [1.54, 1.807) is 17.4 Å². The maximum Gasteiger partial charge on any atom is 0.316 e. The lowest BCUT2D eigenvalue weighted by atomic mass is 10.2. The van der Waals surface area contributed by atoms with Crippen molar-refractivity contribution in [2.75, 3.05) is 43.9 Å². The molecule has 0 aliphatic carbocycles. The van der Waals surface area contributed by atoms with Crippen molar-refractivity contribution in [3.8, 4) is 0 Å². The molecule has 0 atom stereocenters. The van der Waals surface area contributed by atoms with Gasteiger partial charge in [-0.25, -0.2) is 9.97 Å². The van der Waals surface area contributed by atoms with Gasteiger partial charge < -0.3 is 14.5 Å². The Balaban J connectivity index is 1.48. The summed E-state index contributed by atoms with van der Waals surface area (Å²) in [5, 5.41) is 1.60. The summed E-state index contributed by atoms with van der Waals surface area (Å²) >= 11 is 2.94. The molecule has 3 aromatic rings. The van der Waals surface area contributed by atoms with Gasteiger partial charge in [0.2, 0.25) is 5.91 Å². The third-order valence-electron chi connectivity index (χ3n) is 5.41. The molecular weight excluding hydrogens is 456 g/mol. The highest BCUT2D eigenvalue weighted by atomic mass is 32.2. The summed E-state index contributed by atoms with van der Waals surface area (Å²) in [5.74, 6) is 0.754. The number of esters is 1. The van der Waals surface area contributed by atoms with Crippen molar-refractivity contribution in [3.05, 3.63) is 52.9 Å². The van der Waals surface area contributed by atoms with Crippen LogP contribution in [0.5, 0.6) is 0 Å². The summed E-state index contributed by atoms with van der Waals surface area (Å²) in [7, 11) is 1.38. The molecule has 0 bridgehead atoms. The first-order valence-corrected chi connectivity index (χ1v) is 12.6. The zero-order valence-electron chi connectivity index (χ0n) is 18.7. The maximum absolute atomic E-state index is 12.7. The van der Waals surface area contributed by atoms with Gasteiger partial charge in [0.25, 0.3) is 0 Å². The number of hydrogen-bond acceptors (Lipinski definition) is 8. The van der Waals surface area contributed by atoms with Crippen molar-refractivity contribution in [3.63, 3.8) is 0 Å². The Morgan fingerprint density at radius 1 is 1.15 bits per heavy atom. The lowest BCUT2D eigenvalue weighted by molar-refractivity contribution is -0.137. The molecule has 1 saturated heterocycles. The van der Waals surface area contributed by atoms with Crippen LogP contribution in [0.3, 0.4) is 0 Å². The predicted octanol–water partition coefficient (Wildman–Crippen LogP) is 3.88. The van der Waals surface area contributed by atoms with Gasteiger partial charge in [0.05, 0.1) is 18.2 Å². The van der Waals surface area contributed by atoms with Gasteiger partial charge in [0.1, 0.15) is 10.6 Å². The highest BCUT2D eigenvalue weighted by Crippen LogP contribution is 2.33. The number of aryl methyl sites for hydroxylation is 1. The molecule has 9 heteroatoms. The molecule has 7 nitrogen and oxygen atoms in total. The molecule has 2 aromatic heterocycles. The van der Waals surface area contributed by atoms with Crippen LogP contribution >= 0.6 is 23.1 Å². The SMILES string of the molecule is CCc1cc2c(N3CCN(C(=O)/C=C/c4ccccc4)CC3)nc(SCC(=O)OC)nc2s1. The first-order valence-electron chi connectivity index (χ1n) is 10.8. The van der Waals surface area contributed by atoms with Crippen molar-refractivity contribution in [1.29, 1.82) is 0 Å². The Bertz CT molecular complexity index is 1160. The van der Waals surface area contributed by atoms with E-state index in [0.29, 0.717) is 31.3 Å². The van der Waals surface area contributed by atoms with E-state index in [2.05, 4.69) is 22.9 Å². The normalized spacial score (nSPS) is 14.2. The number of hydrogen-bond donors (Lipinski definition) is 0. The topological polar surface area (TPSA) is 75.6 Å². The third kappa shape index (κ3) is 5.72. The summed E-state index contributed by atoms with van der Waals surface area (Å²) in [6.45, 7) is 4.75. The fourth-order valence-corrected chi connectivity index (χ4v) is 5.27. The molecule has 1 aliphatic heterocycles. The number of rotatable bonds is 7. The second-order valence-electron chi connectivity index (χ2n) is 7.54. The molecule has 0 N–H and O–H groups in total. The fourth-order valence-electron chi connectivity index (χ4n) is 3.58. The number of nitrogens with zero attached hydrogens (tertiary/aromatic N) is 4. The van der Waals surface area contributed by atoms with Crippen LogP contribution in [0.4, 0.5) is 5.82 Å². The van der Waals surface area contributed by atoms with Crippen molar-refractivity contribution in [2.24, 2.45) is 0 Å². The number of thiophene rings is 1. The van der Waals surface area contributed by atoms with Gasteiger partial charge in [-0.05, 0) is 24.1 Å². The van der Waals surface area contributed by atoms with E-state index in [1.807, 2.05) is 41.3 Å². The van der Waals surface area contributed by atoms with Gasteiger partial charge in [-0.15, -0.1) is 11.3 Å². The van der Waals surface area contributed by atoms with Crippen LogP contribution in [0, 0.1) is 0 Å². The summed E-state index contributed by atoms with van der Waals surface area (Å²) in [4.78, 5) is 39.9.